The van der Waals surface area contributed by atoms with Crippen molar-refractivity contribution < 1.29 is 19.1 Å². The molecule has 0 unspecified atom stereocenters. The number of hydrogen-bond donors (Lipinski definition) is 2. The maximum Gasteiger partial charge on any atom is 0.268 e. The van der Waals surface area contributed by atoms with Gasteiger partial charge in [0, 0.05) is 29.4 Å². The van der Waals surface area contributed by atoms with Crippen LogP contribution in [0, 0.1) is 13.8 Å². The van der Waals surface area contributed by atoms with Crippen LogP contribution in [0.25, 0.3) is 0 Å². The first-order valence-electron chi connectivity index (χ1n) is 7.58. The molecule has 1 heterocycles. The molecule has 6 heteroatoms. The Morgan fingerprint density at radius 3 is 2.42 bits per heavy atom. The minimum atomic E-state index is -0.263. The normalized spacial score (nSPS) is 10.4. The summed E-state index contributed by atoms with van der Waals surface area (Å²) in [6, 6.07) is 5.41. The van der Waals surface area contributed by atoms with Crippen LogP contribution in [0.5, 0.6) is 11.5 Å². The molecule has 128 valence electrons. The van der Waals surface area contributed by atoms with Crippen molar-refractivity contribution in [2.45, 2.75) is 27.3 Å². The Morgan fingerprint density at radius 2 is 1.88 bits per heavy atom. The summed E-state index contributed by atoms with van der Waals surface area (Å²) in [4.78, 5) is 27.1. The second-order valence-corrected chi connectivity index (χ2v) is 5.54. The molecule has 0 aliphatic heterocycles. The second kappa shape index (κ2) is 7.21. The number of carbonyl (C=O) groups excluding carboxylic acids is 2. The van der Waals surface area contributed by atoms with E-state index in [1.54, 1.807) is 34.1 Å². The summed E-state index contributed by atoms with van der Waals surface area (Å²) < 4.78 is 10.5. The second-order valence-electron chi connectivity index (χ2n) is 5.54. The van der Waals surface area contributed by atoms with Gasteiger partial charge in [-0.15, -0.1) is 0 Å². The third-order valence-electron chi connectivity index (χ3n) is 3.95. The number of ether oxygens (including phenoxy) is 2. The standard InChI is InChI=1S/C18H22N2O4/c1-10-16(12(3)21)11(2)20-17(10)18(22)19-9-13-6-7-14(23-4)8-15(13)24-5/h6-8,20H,9H2,1-5H3,(H,19,22). The van der Waals surface area contributed by atoms with Gasteiger partial charge in [-0.25, -0.2) is 0 Å². The number of aromatic nitrogens is 1. The molecule has 2 rings (SSSR count). The van der Waals surface area contributed by atoms with Crippen LogP contribution in [0.1, 0.15) is 44.6 Å². The Bertz CT molecular complexity index is 778. The first-order valence-corrected chi connectivity index (χ1v) is 7.58. The first kappa shape index (κ1) is 17.6. The van der Waals surface area contributed by atoms with Gasteiger partial charge in [-0.2, -0.15) is 0 Å². The van der Waals surface area contributed by atoms with E-state index in [2.05, 4.69) is 10.3 Å². The van der Waals surface area contributed by atoms with Crippen LogP contribution in [0.3, 0.4) is 0 Å². The number of carbonyl (C=O) groups is 2. The largest absolute Gasteiger partial charge is 0.497 e. The number of methoxy groups -OCH3 is 2. The van der Waals surface area contributed by atoms with Crippen molar-refractivity contribution in [2.75, 3.05) is 14.2 Å². The highest BCUT2D eigenvalue weighted by molar-refractivity contribution is 6.02. The number of amides is 1. The molecule has 0 radical (unpaired) electrons. The van der Waals surface area contributed by atoms with Crippen molar-refractivity contribution in [3.63, 3.8) is 0 Å². The van der Waals surface area contributed by atoms with Gasteiger partial charge in [-0.05, 0) is 38.5 Å². The number of nitrogens with one attached hydrogen (secondary N) is 2. The average Bonchev–Trinajstić information content (AvgIpc) is 2.87. The predicted octanol–water partition coefficient (Wildman–Crippen LogP) is 2.78. The Balaban J connectivity index is 2.17. The molecule has 24 heavy (non-hydrogen) atoms. The van der Waals surface area contributed by atoms with E-state index in [0.29, 0.717) is 40.6 Å². The lowest BCUT2D eigenvalue weighted by Crippen LogP contribution is -2.24. The third kappa shape index (κ3) is 3.42. The first-order chi connectivity index (χ1) is 11.4. The summed E-state index contributed by atoms with van der Waals surface area (Å²) in [5.74, 6) is 1.00. The summed E-state index contributed by atoms with van der Waals surface area (Å²) in [5, 5.41) is 2.85. The summed E-state index contributed by atoms with van der Waals surface area (Å²) in [6.45, 7) is 5.35. The molecule has 0 atom stereocenters. The Labute approximate surface area is 141 Å². The number of ketones is 1. The number of aryl methyl sites for hydroxylation is 1. The Kier molecular flexibility index (Phi) is 5.28. The zero-order valence-electron chi connectivity index (χ0n) is 14.6. The van der Waals surface area contributed by atoms with E-state index < -0.39 is 0 Å². The molecular weight excluding hydrogens is 308 g/mol. The quantitative estimate of drug-likeness (QED) is 0.798. The van der Waals surface area contributed by atoms with Crippen molar-refractivity contribution in [2.24, 2.45) is 0 Å². The van der Waals surface area contributed by atoms with Gasteiger partial charge in [0.1, 0.15) is 17.2 Å². The van der Waals surface area contributed by atoms with Crippen molar-refractivity contribution in [1.82, 2.24) is 10.3 Å². The molecule has 2 N–H and O–H groups in total. The number of Topliss-reactive ketones (excluding diaryl/α,β-unsaturated/α-hetero) is 1. The van der Waals surface area contributed by atoms with Gasteiger partial charge in [0.25, 0.3) is 5.91 Å². The van der Waals surface area contributed by atoms with E-state index in [4.69, 9.17) is 9.47 Å². The monoisotopic (exact) mass is 330 g/mol. The topological polar surface area (TPSA) is 80.4 Å². The van der Waals surface area contributed by atoms with E-state index in [9.17, 15) is 9.59 Å². The summed E-state index contributed by atoms with van der Waals surface area (Å²) in [7, 11) is 3.15. The van der Waals surface area contributed by atoms with Gasteiger partial charge in [0.2, 0.25) is 0 Å². The van der Waals surface area contributed by atoms with E-state index in [1.165, 1.54) is 6.92 Å². The van der Waals surface area contributed by atoms with Crippen LogP contribution in [0.15, 0.2) is 18.2 Å². The lowest BCUT2D eigenvalue weighted by molar-refractivity contribution is 0.0945. The maximum absolute atomic E-state index is 12.4. The Morgan fingerprint density at radius 1 is 1.17 bits per heavy atom. The molecule has 0 saturated heterocycles. The molecule has 1 aromatic heterocycles. The van der Waals surface area contributed by atoms with Gasteiger partial charge in [-0.1, -0.05) is 0 Å². The van der Waals surface area contributed by atoms with Crippen LogP contribution < -0.4 is 14.8 Å². The van der Waals surface area contributed by atoms with Gasteiger partial charge in [0.15, 0.2) is 5.78 Å². The molecular formula is C18H22N2O4. The fourth-order valence-electron chi connectivity index (χ4n) is 2.77. The van der Waals surface area contributed by atoms with Crippen molar-refractivity contribution in [3.05, 3.63) is 46.3 Å². The average molecular weight is 330 g/mol. The highest BCUT2D eigenvalue weighted by atomic mass is 16.5. The highest BCUT2D eigenvalue weighted by Gasteiger charge is 2.19. The minimum Gasteiger partial charge on any atom is -0.497 e. The maximum atomic E-state index is 12.4. The smallest absolute Gasteiger partial charge is 0.268 e. The molecule has 0 aliphatic carbocycles. The molecule has 0 aliphatic rings. The molecule has 6 nitrogen and oxygen atoms in total. The van der Waals surface area contributed by atoms with Crippen LogP contribution in [0.2, 0.25) is 0 Å². The zero-order valence-corrected chi connectivity index (χ0v) is 14.6. The van der Waals surface area contributed by atoms with Crippen molar-refractivity contribution in [1.29, 1.82) is 0 Å². The predicted molar refractivity (Wildman–Crippen MR) is 91.0 cm³/mol. The molecule has 2 aromatic rings. The molecule has 0 spiro atoms. The molecule has 0 bridgehead atoms. The lowest BCUT2D eigenvalue weighted by atomic mass is 10.1. The van der Waals surface area contributed by atoms with Crippen molar-refractivity contribution in [3.8, 4) is 11.5 Å². The van der Waals surface area contributed by atoms with E-state index in [1.807, 2.05) is 12.1 Å². The van der Waals surface area contributed by atoms with Crippen LogP contribution in [-0.2, 0) is 6.54 Å². The van der Waals surface area contributed by atoms with Crippen LogP contribution in [0.4, 0.5) is 0 Å². The fourth-order valence-corrected chi connectivity index (χ4v) is 2.77. The van der Waals surface area contributed by atoms with Gasteiger partial charge in [-0.3, -0.25) is 9.59 Å². The van der Waals surface area contributed by atoms with Gasteiger partial charge >= 0.3 is 0 Å². The van der Waals surface area contributed by atoms with E-state index in [-0.39, 0.29) is 11.7 Å². The van der Waals surface area contributed by atoms with Crippen LogP contribution in [-0.4, -0.2) is 30.9 Å². The zero-order chi connectivity index (χ0) is 17.9. The van der Waals surface area contributed by atoms with Crippen LogP contribution >= 0.6 is 0 Å². The number of hydrogen-bond acceptors (Lipinski definition) is 4. The Hall–Kier alpha value is -2.76. The summed E-state index contributed by atoms with van der Waals surface area (Å²) in [5.41, 5.74) is 3.18. The van der Waals surface area contributed by atoms with Gasteiger partial charge in [0.05, 0.1) is 14.2 Å². The van der Waals surface area contributed by atoms with E-state index in [0.717, 1.165) is 5.56 Å². The third-order valence-corrected chi connectivity index (χ3v) is 3.95. The highest BCUT2D eigenvalue weighted by Crippen LogP contribution is 2.24. The molecule has 1 amide bonds. The lowest BCUT2D eigenvalue weighted by Gasteiger charge is -2.11. The summed E-state index contributed by atoms with van der Waals surface area (Å²) >= 11 is 0. The van der Waals surface area contributed by atoms with Gasteiger partial charge < -0.3 is 19.8 Å². The number of rotatable bonds is 6. The SMILES string of the molecule is COc1ccc(CNC(=O)c2[nH]c(C)c(C(C)=O)c2C)c(OC)c1. The molecule has 1 aromatic carbocycles. The molecule has 0 saturated carbocycles. The fraction of sp³-hybridized carbons (Fsp3) is 0.333. The van der Waals surface area contributed by atoms with E-state index >= 15 is 0 Å². The minimum absolute atomic E-state index is 0.0582. The number of H-pyrrole nitrogens is 1. The molecule has 0 fully saturated rings. The number of aromatic amines is 1. The summed E-state index contributed by atoms with van der Waals surface area (Å²) in [6.07, 6.45) is 0. The number of benzene rings is 1. The van der Waals surface area contributed by atoms with Crippen molar-refractivity contribution >= 4 is 11.7 Å².